The first-order valence-corrected chi connectivity index (χ1v) is 3.76. The van der Waals surface area contributed by atoms with E-state index in [1.54, 1.807) is 0 Å². The van der Waals surface area contributed by atoms with Gasteiger partial charge in [0.15, 0.2) is 6.19 Å². The van der Waals surface area contributed by atoms with Crippen LogP contribution in [0.1, 0.15) is 19.3 Å². The molecular weight excluding hydrogens is 162 g/mol. The van der Waals surface area contributed by atoms with Gasteiger partial charge in [-0.1, -0.05) is 0 Å². The highest BCUT2D eigenvalue weighted by molar-refractivity contribution is 5.85. The molecule has 11 heavy (non-hydrogen) atoms. The van der Waals surface area contributed by atoms with E-state index in [0.717, 1.165) is 12.8 Å². The average molecular weight is 174 g/mol. The Bertz CT molecular complexity index is 189. The van der Waals surface area contributed by atoms with Gasteiger partial charge in [-0.2, -0.15) is 5.26 Å². The molecule has 2 heterocycles. The summed E-state index contributed by atoms with van der Waals surface area (Å²) in [4.78, 5) is 1.88. The van der Waals surface area contributed by atoms with Crippen LogP contribution in [0.15, 0.2) is 0 Å². The first-order chi connectivity index (χ1) is 4.83. The van der Waals surface area contributed by atoms with Gasteiger partial charge in [-0.25, -0.2) is 0 Å². The van der Waals surface area contributed by atoms with E-state index in [1.165, 1.54) is 6.42 Å². The average Bonchev–Trinajstić information content (AvgIpc) is 2.42. The highest BCUT2D eigenvalue weighted by Crippen LogP contribution is 2.35. The highest BCUT2D eigenvalue weighted by atomic mass is 35.5. The quantitative estimate of drug-likeness (QED) is 0.542. The summed E-state index contributed by atoms with van der Waals surface area (Å²) in [6.45, 7) is 0. The number of nitrogens with two attached hydrogens (primary N) is 1. The van der Waals surface area contributed by atoms with Crippen molar-refractivity contribution in [1.82, 2.24) is 4.90 Å². The standard InChI is InChI=1S/C7H11N3.ClH/c8-4-10-5-1-2-7(10)6(9)3-5;/h5-7H,1-3,9H2;1H/t5-,6+,7+;/m0./s1. The zero-order valence-electron chi connectivity index (χ0n) is 6.23. The van der Waals surface area contributed by atoms with Gasteiger partial charge in [0.2, 0.25) is 0 Å². The number of nitriles is 1. The zero-order valence-corrected chi connectivity index (χ0v) is 7.05. The molecule has 3 atom stereocenters. The first kappa shape index (κ1) is 8.63. The topological polar surface area (TPSA) is 53.0 Å². The maximum Gasteiger partial charge on any atom is 0.179 e. The molecule has 2 N–H and O–H groups in total. The number of hydrogen-bond acceptors (Lipinski definition) is 3. The Morgan fingerprint density at radius 2 is 2.18 bits per heavy atom. The van der Waals surface area contributed by atoms with E-state index < -0.39 is 0 Å². The Labute approximate surface area is 72.6 Å². The van der Waals surface area contributed by atoms with Crippen molar-refractivity contribution in [3.8, 4) is 6.19 Å². The molecule has 0 radical (unpaired) electrons. The minimum Gasteiger partial charge on any atom is -0.326 e. The third kappa shape index (κ3) is 1.07. The third-order valence-electron chi connectivity index (χ3n) is 2.70. The Balaban J connectivity index is 0.000000605. The summed E-state index contributed by atoms with van der Waals surface area (Å²) in [6, 6.07) is 1.11. The van der Waals surface area contributed by atoms with Gasteiger partial charge < -0.3 is 10.6 Å². The lowest BCUT2D eigenvalue weighted by Gasteiger charge is -2.15. The van der Waals surface area contributed by atoms with Gasteiger partial charge in [0.1, 0.15) is 0 Å². The van der Waals surface area contributed by atoms with E-state index >= 15 is 0 Å². The van der Waals surface area contributed by atoms with Crippen molar-refractivity contribution in [3.63, 3.8) is 0 Å². The lowest BCUT2D eigenvalue weighted by atomic mass is 9.97. The molecule has 4 heteroatoms. The zero-order chi connectivity index (χ0) is 7.14. The summed E-state index contributed by atoms with van der Waals surface area (Å²) in [5.41, 5.74) is 5.79. The van der Waals surface area contributed by atoms with E-state index in [1.807, 2.05) is 4.90 Å². The van der Waals surface area contributed by atoms with Gasteiger partial charge in [0.05, 0.1) is 6.04 Å². The molecule has 2 saturated heterocycles. The minimum atomic E-state index is 0. The Hall–Kier alpha value is -0.460. The Morgan fingerprint density at radius 1 is 1.45 bits per heavy atom. The molecule has 3 nitrogen and oxygen atoms in total. The molecule has 0 aliphatic carbocycles. The fourth-order valence-corrected chi connectivity index (χ4v) is 2.19. The van der Waals surface area contributed by atoms with Gasteiger partial charge in [-0.15, -0.1) is 12.4 Å². The van der Waals surface area contributed by atoms with Crippen molar-refractivity contribution >= 4 is 12.4 Å². The fraction of sp³-hybridized carbons (Fsp3) is 0.857. The normalized spacial score (nSPS) is 40.0. The maximum absolute atomic E-state index is 8.68. The molecule has 2 bridgehead atoms. The second-order valence-electron chi connectivity index (χ2n) is 3.21. The van der Waals surface area contributed by atoms with Gasteiger partial charge in [0, 0.05) is 12.1 Å². The lowest BCUT2D eigenvalue weighted by Crippen LogP contribution is -2.34. The van der Waals surface area contributed by atoms with Crippen molar-refractivity contribution in [2.75, 3.05) is 0 Å². The minimum absolute atomic E-state index is 0. The molecule has 2 aliphatic rings. The second kappa shape index (κ2) is 2.88. The van der Waals surface area contributed by atoms with E-state index in [9.17, 15) is 0 Å². The van der Waals surface area contributed by atoms with Crippen LogP contribution in [-0.4, -0.2) is 23.0 Å². The lowest BCUT2D eigenvalue weighted by molar-refractivity contribution is 0.364. The summed E-state index contributed by atoms with van der Waals surface area (Å²) in [5.74, 6) is 0. The molecular formula is C7H12ClN3. The summed E-state index contributed by atoms with van der Waals surface area (Å²) in [5, 5.41) is 8.68. The summed E-state index contributed by atoms with van der Waals surface area (Å²) < 4.78 is 0. The van der Waals surface area contributed by atoms with Gasteiger partial charge in [-0.05, 0) is 19.3 Å². The van der Waals surface area contributed by atoms with Crippen LogP contribution >= 0.6 is 12.4 Å². The highest BCUT2D eigenvalue weighted by Gasteiger charge is 2.44. The fourth-order valence-electron chi connectivity index (χ4n) is 2.19. The number of hydrogen-bond donors (Lipinski definition) is 1. The van der Waals surface area contributed by atoms with Crippen molar-refractivity contribution < 1.29 is 0 Å². The molecule has 0 unspecified atom stereocenters. The van der Waals surface area contributed by atoms with Crippen LogP contribution < -0.4 is 5.73 Å². The molecule has 2 fully saturated rings. The van der Waals surface area contributed by atoms with Crippen molar-refractivity contribution in [2.45, 2.75) is 37.4 Å². The molecule has 0 aromatic heterocycles. The van der Waals surface area contributed by atoms with E-state index in [2.05, 4.69) is 6.19 Å². The number of fused-ring (bicyclic) bond motifs is 2. The molecule has 0 aromatic rings. The monoisotopic (exact) mass is 173 g/mol. The SMILES string of the molecule is Cl.N#CN1[C@H]2CC[C@@H]1[C@H](N)C2. The van der Waals surface area contributed by atoms with Crippen LogP contribution in [0.5, 0.6) is 0 Å². The number of rotatable bonds is 0. The van der Waals surface area contributed by atoms with E-state index in [0.29, 0.717) is 12.1 Å². The number of halogens is 1. The van der Waals surface area contributed by atoms with Crippen LogP contribution in [0, 0.1) is 11.5 Å². The van der Waals surface area contributed by atoms with E-state index in [4.69, 9.17) is 11.0 Å². The molecule has 0 spiro atoms. The van der Waals surface area contributed by atoms with Crippen LogP contribution in [0.2, 0.25) is 0 Å². The Kier molecular flexibility index (Phi) is 2.26. The Morgan fingerprint density at radius 3 is 2.45 bits per heavy atom. The predicted molar refractivity (Wildman–Crippen MR) is 44.1 cm³/mol. The molecule has 2 rings (SSSR count). The molecule has 62 valence electrons. The predicted octanol–water partition coefficient (Wildman–Crippen LogP) is 0.453. The van der Waals surface area contributed by atoms with E-state index in [-0.39, 0.29) is 18.4 Å². The van der Waals surface area contributed by atoms with Gasteiger partial charge in [0.25, 0.3) is 0 Å². The van der Waals surface area contributed by atoms with Crippen molar-refractivity contribution in [1.29, 1.82) is 5.26 Å². The van der Waals surface area contributed by atoms with Crippen molar-refractivity contribution in [3.05, 3.63) is 0 Å². The number of nitrogens with zero attached hydrogens (tertiary/aromatic N) is 2. The maximum atomic E-state index is 8.68. The van der Waals surface area contributed by atoms with Crippen molar-refractivity contribution in [2.24, 2.45) is 5.73 Å². The largest absolute Gasteiger partial charge is 0.326 e. The molecule has 0 amide bonds. The summed E-state index contributed by atoms with van der Waals surface area (Å²) in [7, 11) is 0. The molecule has 2 aliphatic heterocycles. The summed E-state index contributed by atoms with van der Waals surface area (Å²) >= 11 is 0. The first-order valence-electron chi connectivity index (χ1n) is 3.76. The second-order valence-corrected chi connectivity index (χ2v) is 3.21. The molecule has 0 aromatic carbocycles. The van der Waals surface area contributed by atoms with Gasteiger partial charge >= 0.3 is 0 Å². The van der Waals surface area contributed by atoms with Crippen LogP contribution in [0.4, 0.5) is 0 Å². The third-order valence-corrected chi connectivity index (χ3v) is 2.70. The van der Waals surface area contributed by atoms with Crippen LogP contribution in [0.25, 0.3) is 0 Å². The van der Waals surface area contributed by atoms with Gasteiger partial charge in [-0.3, -0.25) is 0 Å². The molecule has 0 saturated carbocycles. The van der Waals surface area contributed by atoms with Crippen LogP contribution in [0.3, 0.4) is 0 Å². The smallest absolute Gasteiger partial charge is 0.179 e. The van der Waals surface area contributed by atoms with Crippen LogP contribution in [-0.2, 0) is 0 Å². The summed E-state index contributed by atoms with van der Waals surface area (Å²) in [6.07, 6.45) is 5.53.